The molecule has 1 saturated heterocycles. The quantitative estimate of drug-likeness (QED) is 0.745. The molecule has 1 aromatic carbocycles. The van der Waals surface area contributed by atoms with Gasteiger partial charge in [-0.15, -0.1) is 0 Å². The van der Waals surface area contributed by atoms with Crippen molar-refractivity contribution < 1.29 is 14.3 Å². The second kappa shape index (κ2) is 8.86. The maximum Gasteiger partial charge on any atom is 0.242 e. The van der Waals surface area contributed by atoms with Gasteiger partial charge in [-0.3, -0.25) is 9.59 Å². The maximum atomic E-state index is 12.2. The molecule has 7 heteroatoms. The highest BCUT2D eigenvalue weighted by Crippen LogP contribution is 2.13. The summed E-state index contributed by atoms with van der Waals surface area (Å²) >= 11 is 5.86. The summed E-state index contributed by atoms with van der Waals surface area (Å²) in [5.41, 5.74) is 1.03. The Bertz CT molecular complexity index is 536. The standard InChI is InChI=1S/C16H22ClN3O3/c1-23-9-6-18-10-15(21)20-8-7-19(16(22)12-20)11-13-2-4-14(17)5-3-13/h2-5,18H,6-12H2,1H3. The van der Waals surface area contributed by atoms with E-state index in [0.717, 1.165) is 5.56 Å². The molecule has 0 bridgehead atoms. The van der Waals surface area contributed by atoms with E-state index < -0.39 is 0 Å². The molecule has 6 nitrogen and oxygen atoms in total. The minimum Gasteiger partial charge on any atom is -0.383 e. The van der Waals surface area contributed by atoms with Gasteiger partial charge in [0.05, 0.1) is 19.7 Å². The molecule has 1 aromatic rings. The smallest absolute Gasteiger partial charge is 0.242 e. The van der Waals surface area contributed by atoms with E-state index in [1.165, 1.54) is 0 Å². The number of halogens is 1. The number of carbonyl (C=O) groups is 2. The Labute approximate surface area is 141 Å². The number of nitrogens with one attached hydrogen (secondary N) is 1. The molecule has 0 aromatic heterocycles. The Morgan fingerprint density at radius 2 is 2.04 bits per heavy atom. The first-order chi connectivity index (χ1) is 11.1. The summed E-state index contributed by atoms with van der Waals surface area (Å²) in [6, 6.07) is 7.44. The van der Waals surface area contributed by atoms with Gasteiger partial charge in [-0.25, -0.2) is 0 Å². The van der Waals surface area contributed by atoms with Crippen molar-refractivity contribution >= 4 is 23.4 Å². The van der Waals surface area contributed by atoms with E-state index in [1.54, 1.807) is 16.9 Å². The van der Waals surface area contributed by atoms with Crippen LogP contribution < -0.4 is 5.32 Å². The molecule has 23 heavy (non-hydrogen) atoms. The van der Waals surface area contributed by atoms with Crippen LogP contribution in [-0.2, 0) is 20.9 Å². The van der Waals surface area contributed by atoms with E-state index in [9.17, 15) is 9.59 Å². The van der Waals surface area contributed by atoms with Gasteiger partial charge in [-0.05, 0) is 17.7 Å². The van der Waals surface area contributed by atoms with Crippen LogP contribution in [0.25, 0.3) is 0 Å². The summed E-state index contributed by atoms with van der Waals surface area (Å²) in [4.78, 5) is 27.6. The molecule has 2 rings (SSSR count). The molecule has 0 radical (unpaired) electrons. The van der Waals surface area contributed by atoms with Crippen LogP contribution in [0, 0.1) is 0 Å². The van der Waals surface area contributed by atoms with Crippen molar-refractivity contribution in [3.8, 4) is 0 Å². The molecular formula is C16H22ClN3O3. The zero-order chi connectivity index (χ0) is 16.7. The fourth-order valence-corrected chi connectivity index (χ4v) is 2.51. The van der Waals surface area contributed by atoms with Crippen molar-refractivity contribution in [3.05, 3.63) is 34.9 Å². The van der Waals surface area contributed by atoms with Crippen molar-refractivity contribution in [2.75, 3.05) is 46.4 Å². The first-order valence-corrected chi connectivity index (χ1v) is 7.97. The summed E-state index contributed by atoms with van der Waals surface area (Å²) in [7, 11) is 1.61. The van der Waals surface area contributed by atoms with E-state index in [-0.39, 0.29) is 24.9 Å². The lowest BCUT2D eigenvalue weighted by Crippen LogP contribution is -2.53. The minimum atomic E-state index is -0.0550. The van der Waals surface area contributed by atoms with E-state index >= 15 is 0 Å². The molecule has 1 aliphatic heterocycles. The summed E-state index contributed by atoms with van der Waals surface area (Å²) in [5.74, 6) is -0.0861. The molecule has 126 valence electrons. The molecule has 2 amide bonds. The Balaban J connectivity index is 1.79. The van der Waals surface area contributed by atoms with Gasteiger partial charge in [0.25, 0.3) is 0 Å². The highest BCUT2D eigenvalue weighted by molar-refractivity contribution is 6.30. The molecular weight excluding hydrogens is 318 g/mol. The highest BCUT2D eigenvalue weighted by atomic mass is 35.5. The van der Waals surface area contributed by atoms with Crippen LogP contribution in [0.2, 0.25) is 5.02 Å². The molecule has 0 unspecified atom stereocenters. The number of hydrogen-bond acceptors (Lipinski definition) is 4. The highest BCUT2D eigenvalue weighted by Gasteiger charge is 2.26. The lowest BCUT2D eigenvalue weighted by atomic mass is 10.2. The molecule has 1 heterocycles. The van der Waals surface area contributed by atoms with Crippen molar-refractivity contribution in [1.82, 2.24) is 15.1 Å². The average molecular weight is 340 g/mol. The lowest BCUT2D eigenvalue weighted by Gasteiger charge is -2.34. The van der Waals surface area contributed by atoms with Crippen LogP contribution in [0.3, 0.4) is 0 Å². The summed E-state index contributed by atoms with van der Waals surface area (Å²) in [6.45, 7) is 3.19. The number of amides is 2. The first kappa shape index (κ1) is 17.7. The van der Waals surface area contributed by atoms with Crippen LogP contribution in [0.15, 0.2) is 24.3 Å². The molecule has 1 N–H and O–H groups in total. The Morgan fingerprint density at radius 1 is 1.30 bits per heavy atom. The van der Waals surface area contributed by atoms with Crippen molar-refractivity contribution in [3.63, 3.8) is 0 Å². The molecule has 0 atom stereocenters. The number of methoxy groups -OCH3 is 1. The zero-order valence-corrected chi connectivity index (χ0v) is 14.0. The average Bonchev–Trinajstić information content (AvgIpc) is 2.55. The number of rotatable bonds is 7. The van der Waals surface area contributed by atoms with Gasteiger partial charge in [0.15, 0.2) is 0 Å². The molecule has 0 aliphatic carbocycles. The van der Waals surface area contributed by atoms with Gasteiger partial charge in [0.1, 0.15) is 0 Å². The summed E-state index contributed by atoms with van der Waals surface area (Å²) in [6.07, 6.45) is 0. The van der Waals surface area contributed by atoms with Gasteiger partial charge in [-0.1, -0.05) is 23.7 Å². The number of benzene rings is 1. The van der Waals surface area contributed by atoms with Crippen LogP contribution in [0.4, 0.5) is 0 Å². The second-order valence-corrected chi connectivity index (χ2v) is 5.86. The van der Waals surface area contributed by atoms with Gasteiger partial charge >= 0.3 is 0 Å². The predicted molar refractivity (Wildman–Crippen MR) is 88.2 cm³/mol. The Hall–Kier alpha value is -1.63. The minimum absolute atomic E-state index is 0.0311. The number of carbonyl (C=O) groups excluding carboxylic acids is 2. The number of hydrogen-bond donors (Lipinski definition) is 1. The first-order valence-electron chi connectivity index (χ1n) is 7.60. The second-order valence-electron chi connectivity index (χ2n) is 5.43. The molecule has 0 saturated carbocycles. The van der Waals surface area contributed by atoms with Crippen LogP contribution in [-0.4, -0.2) is 68.1 Å². The monoisotopic (exact) mass is 339 g/mol. The van der Waals surface area contributed by atoms with Crippen LogP contribution in [0.1, 0.15) is 5.56 Å². The summed E-state index contributed by atoms with van der Waals surface area (Å²) < 4.78 is 4.91. The normalized spacial score (nSPS) is 15.1. The molecule has 1 aliphatic rings. The van der Waals surface area contributed by atoms with Gasteiger partial charge in [0, 0.05) is 38.3 Å². The van der Waals surface area contributed by atoms with E-state index in [1.807, 2.05) is 24.3 Å². The SMILES string of the molecule is COCCNCC(=O)N1CCN(Cc2ccc(Cl)cc2)C(=O)C1. The number of ether oxygens (including phenoxy) is 1. The van der Waals surface area contributed by atoms with Crippen LogP contribution in [0.5, 0.6) is 0 Å². The summed E-state index contributed by atoms with van der Waals surface area (Å²) in [5, 5.41) is 3.68. The van der Waals surface area contributed by atoms with E-state index in [4.69, 9.17) is 16.3 Å². The zero-order valence-electron chi connectivity index (χ0n) is 13.3. The van der Waals surface area contributed by atoms with Gasteiger partial charge in [-0.2, -0.15) is 0 Å². The number of piperazine rings is 1. The molecule has 0 spiro atoms. The van der Waals surface area contributed by atoms with E-state index in [0.29, 0.717) is 37.8 Å². The van der Waals surface area contributed by atoms with Crippen molar-refractivity contribution in [2.24, 2.45) is 0 Å². The fraction of sp³-hybridized carbons (Fsp3) is 0.500. The predicted octanol–water partition coefficient (Wildman–Crippen LogP) is 0.747. The van der Waals surface area contributed by atoms with Crippen molar-refractivity contribution in [2.45, 2.75) is 6.54 Å². The third kappa shape index (κ3) is 5.49. The maximum absolute atomic E-state index is 12.2. The largest absolute Gasteiger partial charge is 0.383 e. The van der Waals surface area contributed by atoms with Crippen LogP contribution >= 0.6 is 11.6 Å². The Morgan fingerprint density at radius 3 is 2.70 bits per heavy atom. The Kier molecular flexibility index (Phi) is 6.83. The lowest BCUT2D eigenvalue weighted by molar-refractivity contribution is -0.145. The van der Waals surface area contributed by atoms with E-state index in [2.05, 4.69) is 5.32 Å². The topological polar surface area (TPSA) is 61.9 Å². The fourth-order valence-electron chi connectivity index (χ4n) is 2.38. The number of nitrogens with zero attached hydrogens (tertiary/aromatic N) is 2. The van der Waals surface area contributed by atoms with Crippen molar-refractivity contribution in [1.29, 1.82) is 0 Å². The van der Waals surface area contributed by atoms with Gasteiger partial charge < -0.3 is 19.9 Å². The third-order valence-corrected chi connectivity index (χ3v) is 3.97. The third-order valence-electron chi connectivity index (χ3n) is 3.72. The van der Waals surface area contributed by atoms with Gasteiger partial charge in [0.2, 0.25) is 11.8 Å². The molecule has 1 fully saturated rings.